The minimum atomic E-state index is -4.44. The summed E-state index contributed by atoms with van der Waals surface area (Å²) >= 11 is 0. The first-order chi connectivity index (χ1) is 14.4. The molecule has 1 aliphatic heterocycles. The van der Waals surface area contributed by atoms with Gasteiger partial charge >= 0.3 is 6.18 Å². The van der Waals surface area contributed by atoms with Gasteiger partial charge in [0, 0.05) is 43.4 Å². The lowest BCUT2D eigenvalue weighted by Gasteiger charge is -2.28. The second-order valence-electron chi connectivity index (χ2n) is 7.04. The van der Waals surface area contributed by atoms with E-state index in [0.717, 1.165) is 11.3 Å². The van der Waals surface area contributed by atoms with Crippen LogP contribution in [0.25, 0.3) is 11.4 Å². The van der Waals surface area contributed by atoms with Gasteiger partial charge in [-0.1, -0.05) is 36.4 Å². The molecular formula is C21H19F3N4O2. The molecule has 0 radical (unpaired) electrons. The van der Waals surface area contributed by atoms with Gasteiger partial charge in [0.05, 0.1) is 11.3 Å². The van der Waals surface area contributed by atoms with E-state index in [0.29, 0.717) is 43.0 Å². The quantitative estimate of drug-likeness (QED) is 0.691. The fraction of sp³-hybridized carbons (Fsp3) is 0.286. The van der Waals surface area contributed by atoms with Crippen LogP contribution in [0, 0.1) is 0 Å². The third-order valence-corrected chi connectivity index (χ3v) is 4.81. The Labute approximate surface area is 170 Å². The highest BCUT2D eigenvalue weighted by Crippen LogP contribution is 2.24. The van der Waals surface area contributed by atoms with Crippen molar-refractivity contribution >= 4 is 0 Å². The van der Waals surface area contributed by atoms with Crippen molar-refractivity contribution in [3.63, 3.8) is 0 Å². The van der Waals surface area contributed by atoms with Crippen molar-refractivity contribution in [2.75, 3.05) is 13.2 Å². The number of benzene rings is 1. The predicted molar refractivity (Wildman–Crippen MR) is 104 cm³/mol. The van der Waals surface area contributed by atoms with Gasteiger partial charge in [-0.3, -0.25) is 9.69 Å². The molecule has 0 unspecified atom stereocenters. The fourth-order valence-electron chi connectivity index (χ4n) is 3.41. The molecule has 6 nitrogen and oxygen atoms in total. The summed E-state index contributed by atoms with van der Waals surface area (Å²) in [4.78, 5) is 26.0. The molecule has 0 fully saturated rings. The number of ether oxygens (including phenoxy) is 1. The molecule has 0 aliphatic carbocycles. The van der Waals surface area contributed by atoms with Gasteiger partial charge < -0.3 is 9.72 Å². The van der Waals surface area contributed by atoms with Crippen LogP contribution in [-0.4, -0.2) is 39.2 Å². The van der Waals surface area contributed by atoms with Gasteiger partial charge in [0.25, 0.3) is 5.56 Å². The number of H-pyrrole nitrogens is 1. The second-order valence-corrected chi connectivity index (χ2v) is 7.04. The van der Waals surface area contributed by atoms with Gasteiger partial charge in [0.2, 0.25) is 5.88 Å². The number of pyridine rings is 1. The van der Waals surface area contributed by atoms with Crippen LogP contribution in [0.4, 0.5) is 13.2 Å². The van der Waals surface area contributed by atoms with E-state index < -0.39 is 12.8 Å². The van der Waals surface area contributed by atoms with Gasteiger partial charge in [-0.25, -0.2) is 9.97 Å². The molecule has 30 heavy (non-hydrogen) atoms. The lowest BCUT2D eigenvalue weighted by molar-refractivity contribution is -0.154. The number of nitrogens with zero attached hydrogens (tertiary/aromatic N) is 3. The zero-order valence-corrected chi connectivity index (χ0v) is 15.9. The SMILES string of the molecule is O=c1[nH]c(-c2ccccc2)nc2c1CN(Cc1cccnc1OCC(F)(F)F)CC2. The zero-order chi connectivity index (χ0) is 21.1. The lowest BCUT2D eigenvalue weighted by Crippen LogP contribution is -2.35. The van der Waals surface area contributed by atoms with Crippen LogP contribution in [0.2, 0.25) is 0 Å². The Morgan fingerprint density at radius 2 is 1.93 bits per heavy atom. The van der Waals surface area contributed by atoms with E-state index in [4.69, 9.17) is 4.74 Å². The number of fused-ring (bicyclic) bond motifs is 1. The van der Waals surface area contributed by atoms with Gasteiger partial charge in [-0.2, -0.15) is 13.2 Å². The second kappa shape index (κ2) is 8.27. The Morgan fingerprint density at radius 1 is 1.13 bits per heavy atom. The maximum absolute atomic E-state index is 12.7. The minimum Gasteiger partial charge on any atom is -0.468 e. The Bertz CT molecular complexity index is 1080. The van der Waals surface area contributed by atoms with Crippen LogP contribution in [0.1, 0.15) is 16.8 Å². The number of hydrogen-bond acceptors (Lipinski definition) is 5. The van der Waals surface area contributed by atoms with E-state index >= 15 is 0 Å². The molecule has 1 aromatic carbocycles. The van der Waals surface area contributed by atoms with E-state index in [1.54, 1.807) is 12.1 Å². The first-order valence-corrected chi connectivity index (χ1v) is 9.42. The molecule has 9 heteroatoms. The van der Waals surface area contributed by atoms with Crippen molar-refractivity contribution < 1.29 is 17.9 Å². The molecular weight excluding hydrogens is 397 g/mol. The van der Waals surface area contributed by atoms with Crippen LogP contribution in [-0.2, 0) is 19.5 Å². The standard InChI is InChI=1S/C21H19F3N4O2/c22-21(23,24)13-30-20-15(7-4-9-25-20)11-28-10-8-17-16(12-28)19(29)27-18(26-17)14-5-2-1-3-6-14/h1-7,9H,8,10-13H2,(H,26,27,29). The maximum atomic E-state index is 12.7. The van der Waals surface area contributed by atoms with E-state index in [2.05, 4.69) is 15.0 Å². The summed E-state index contributed by atoms with van der Waals surface area (Å²) in [6, 6.07) is 12.7. The van der Waals surface area contributed by atoms with Crippen molar-refractivity contribution in [2.45, 2.75) is 25.7 Å². The summed E-state index contributed by atoms with van der Waals surface area (Å²) in [6.07, 6.45) is -2.48. The number of nitrogens with one attached hydrogen (secondary N) is 1. The smallest absolute Gasteiger partial charge is 0.422 e. The first-order valence-electron chi connectivity index (χ1n) is 9.42. The number of halogens is 3. The van der Waals surface area contributed by atoms with Crippen molar-refractivity contribution in [2.24, 2.45) is 0 Å². The molecule has 0 amide bonds. The molecule has 1 N–H and O–H groups in total. The normalized spacial score (nSPS) is 14.4. The van der Waals surface area contributed by atoms with Crippen molar-refractivity contribution in [3.05, 3.63) is 75.8 Å². The Balaban J connectivity index is 1.51. The molecule has 3 heterocycles. The molecule has 156 valence electrons. The van der Waals surface area contributed by atoms with Crippen molar-refractivity contribution in [1.29, 1.82) is 0 Å². The van der Waals surface area contributed by atoms with E-state index in [1.807, 2.05) is 35.2 Å². The largest absolute Gasteiger partial charge is 0.468 e. The average molecular weight is 416 g/mol. The average Bonchev–Trinajstić information content (AvgIpc) is 2.73. The Hall–Kier alpha value is -3.20. The first kappa shape index (κ1) is 20.1. The van der Waals surface area contributed by atoms with Crippen LogP contribution in [0.3, 0.4) is 0 Å². The topological polar surface area (TPSA) is 71.1 Å². The monoisotopic (exact) mass is 416 g/mol. The van der Waals surface area contributed by atoms with Gasteiger partial charge in [0.15, 0.2) is 6.61 Å². The van der Waals surface area contributed by atoms with Crippen LogP contribution >= 0.6 is 0 Å². The summed E-state index contributed by atoms with van der Waals surface area (Å²) < 4.78 is 42.3. The van der Waals surface area contributed by atoms with Crippen LogP contribution in [0.5, 0.6) is 5.88 Å². The third kappa shape index (κ3) is 4.68. The number of aromatic amines is 1. The summed E-state index contributed by atoms with van der Waals surface area (Å²) in [5.41, 5.74) is 2.48. The fourth-order valence-corrected chi connectivity index (χ4v) is 3.41. The zero-order valence-electron chi connectivity index (χ0n) is 15.9. The van der Waals surface area contributed by atoms with Crippen molar-refractivity contribution in [1.82, 2.24) is 19.9 Å². The van der Waals surface area contributed by atoms with Gasteiger partial charge in [0.1, 0.15) is 5.82 Å². The third-order valence-electron chi connectivity index (χ3n) is 4.81. The molecule has 0 saturated carbocycles. The number of rotatable bonds is 5. The van der Waals surface area contributed by atoms with Gasteiger partial charge in [-0.15, -0.1) is 0 Å². The number of aromatic nitrogens is 3. The molecule has 3 aromatic rings. The molecule has 0 saturated heterocycles. The van der Waals surface area contributed by atoms with E-state index in [1.165, 1.54) is 6.20 Å². The number of hydrogen-bond donors (Lipinski definition) is 1. The molecule has 1 aliphatic rings. The lowest BCUT2D eigenvalue weighted by atomic mass is 10.1. The molecule has 0 atom stereocenters. The minimum absolute atomic E-state index is 0.0490. The highest BCUT2D eigenvalue weighted by Gasteiger charge is 2.29. The number of alkyl halides is 3. The molecule has 4 rings (SSSR count). The van der Waals surface area contributed by atoms with Gasteiger partial charge in [-0.05, 0) is 6.07 Å². The summed E-state index contributed by atoms with van der Waals surface area (Å²) in [6.45, 7) is -0.113. The summed E-state index contributed by atoms with van der Waals surface area (Å²) in [7, 11) is 0. The molecule has 0 spiro atoms. The molecule has 0 bridgehead atoms. The van der Waals surface area contributed by atoms with Crippen LogP contribution < -0.4 is 10.3 Å². The Kier molecular flexibility index (Phi) is 5.54. The van der Waals surface area contributed by atoms with Crippen molar-refractivity contribution in [3.8, 4) is 17.3 Å². The van der Waals surface area contributed by atoms with Crippen LogP contribution in [0.15, 0.2) is 53.5 Å². The van der Waals surface area contributed by atoms with E-state index in [9.17, 15) is 18.0 Å². The predicted octanol–water partition coefficient (Wildman–Crippen LogP) is 3.33. The maximum Gasteiger partial charge on any atom is 0.422 e. The Morgan fingerprint density at radius 3 is 2.70 bits per heavy atom. The highest BCUT2D eigenvalue weighted by molar-refractivity contribution is 5.54. The van der Waals surface area contributed by atoms with E-state index in [-0.39, 0.29) is 11.4 Å². The molecule has 2 aromatic heterocycles. The summed E-state index contributed by atoms with van der Waals surface area (Å²) in [5, 5.41) is 0. The highest BCUT2D eigenvalue weighted by atomic mass is 19.4. The summed E-state index contributed by atoms with van der Waals surface area (Å²) in [5.74, 6) is 0.481.